The predicted octanol–water partition coefficient (Wildman–Crippen LogP) is 7.26. The third-order valence-corrected chi connectivity index (χ3v) is 12.7. The van der Waals surface area contributed by atoms with Crippen molar-refractivity contribution < 1.29 is 23.5 Å². The molecule has 1 aromatic carbocycles. The Labute approximate surface area is 260 Å². The van der Waals surface area contributed by atoms with E-state index in [1.807, 2.05) is 6.20 Å². The number of hydrogen-bond acceptors (Lipinski definition) is 6. The summed E-state index contributed by atoms with van der Waals surface area (Å²) < 4.78 is 21.8. The first-order chi connectivity index (χ1) is 20.8. The lowest BCUT2D eigenvalue weighted by atomic mass is 9.41. The van der Waals surface area contributed by atoms with Crippen LogP contribution in [-0.2, 0) is 19.1 Å². The fraction of sp³-hybridized carbons (Fsp3) is 0.694. The van der Waals surface area contributed by atoms with Crippen molar-refractivity contribution >= 4 is 17.5 Å². The summed E-state index contributed by atoms with van der Waals surface area (Å²) in [4.78, 5) is 39.9. The Bertz CT molecular complexity index is 1420. The largest absolute Gasteiger partial charge is 0.462 e. The molecule has 6 rings (SSSR count). The van der Waals surface area contributed by atoms with Gasteiger partial charge in [-0.3, -0.25) is 9.59 Å². The number of esters is 1. The third kappa shape index (κ3) is 5.04. The second-order valence-corrected chi connectivity index (χ2v) is 15.3. The second kappa shape index (κ2) is 11.5. The Morgan fingerprint density at radius 1 is 1.11 bits per heavy atom. The Balaban J connectivity index is 1.49. The topological polar surface area (TPSA) is 91.2 Å². The van der Waals surface area contributed by atoms with Gasteiger partial charge in [0, 0.05) is 36.2 Å². The van der Waals surface area contributed by atoms with Crippen molar-refractivity contribution in [3.63, 3.8) is 0 Å². The van der Waals surface area contributed by atoms with Crippen molar-refractivity contribution in [2.24, 2.45) is 52.3 Å². The zero-order valence-corrected chi connectivity index (χ0v) is 27.1. The smallest absolute Gasteiger partial charge is 0.302 e. The number of nitrogens with zero attached hydrogens (tertiary/aromatic N) is 3. The second-order valence-electron chi connectivity index (χ2n) is 15.3. The van der Waals surface area contributed by atoms with Crippen LogP contribution in [0.3, 0.4) is 0 Å². The summed E-state index contributed by atoms with van der Waals surface area (Å²) in [7, 11) is 0. The third-order valence-electron chi connectivity index (χ3n) is 12.7. The van der Waals surface area contributed by atoms with Crippen LogP contribution in [0.5, 0.6) is 0 Å². The lowest BCUT2D eigenvalue weighted by molar-refractivity contribution is -0.203. The molecular formula is C36H48FN3O4. The molecule has 0 N–H and O–H groups in total. The minimum Gasteiger partial charge on any atom is -0.462 e. The fourth-order valence-corrected chi connectivity index (χ4v) is 10.6. The van der Waals surface area contributed by atoms with Gasteiger partial charge in [-0.15, -0.1) is 5.10 Å². The maximum absolute atomic E-state index is 15.3. The van der Waals surface area contributed by atoms with E-state index in [0.717, 1.165) is 50.5 Å². The van der Waals surface area contributed by atoms with Gasteiger partial charge in [0.2, 0.25) is 0 Å². The van der Waals surface area contributed by atoms with Crippen LogP contribution in [0.25, 0.3) is 11.3 Å². The molecule has 4 aliphatic rings. The molecule has 4 saturated carbocycles. The van der Waals surface area contributed by atoms with E-state index in [-0.39, 0.29) is 64.5 Å². The lowest BCUT2D eigenvalue weighted by Crippen LogP contribution is -2.65. The molecule has 7 nitrogen and oxygen atoms in total. The quantitative estimate of drug-likeness (QED) is 0.309. The number of carbonyl (C=O) groups is 3. The number of halogens is 1. The highest BCUT2D eigenvalue weighted by Crippen LogP contribution is 2.70. The van der Waals surface area contributed by atoms with Crippen LogP contribution in [0.1, 0.15) is 99.0 Å². The molecular weight excluding hydrogens is 557 g/mol. The highest BCUT2D eigenvalue weighted by atomic mass is 19.1. The van der Waals surface area contributed by atoms with Gasteiger partial charge in [0.15, 0.2) is 5.78 Å². The SMILES string of the molecule is CC(=O)CC[C@@H](C)C1CCC2C3C(OC(C)=O)C[C@@H]4C[C@H](C)CC[C@]4(C)C3C(n3cc(-c4ccc(F)cc4)nn3)C(=O)[C@@]21C. The first-order valence-electron chi connectivity index (χ1n) is 16.7. The van der Waals surface area contributed by atoms with Gasteiger partial charge < -0.3 is 9.53 Å². The van der Waals surface area contributed by atoms with Gasteiger partial charge in [0.1, 0.15) is 29.4 Å². The highest BCUT2D eigenvalue weighted by molar-refractivity contribution is 5.91. The van der Waals surface area contributed by atoms with Gasteiger partial charge in [0.05, 0.1) is 6.20 Å². The molecule has 4 aliphatic carbocycles. The number of benzene rings is 1. The summed E-state index contributed by atoms with van der Waals surface area (Å²) >= 11 is 0. The molecule has 1 aromatic heterocycles. The molecule has 2 aromatic rings. The van der Waals surface area contributed by atoms with Gasteiger partial charge in [-0.1, -0.05) is 39.3 Å². The number of ketones is 2. The van der Waals surface area contributed by atoms with Crippen molar-refractivity contribution in [2.45, 2.75) is 105 Å². The number of hydrogen-bond donors (Lipinski definition) is 0. The van der Waals surface area contributed by atoms with Crippen molar-refractivity contribution in [3.05, 3.63) is 36.3 Å². The van der Waals surface area contributed by atoms with Gasteiger partial charge in [-0.05, 0) is 105 Å². The van der Waals surface area contributed by atoms with E-state index in [1.54, 1.807) is 23.7 Å². The lowest BCUT2D eigenvalue weighted by Gasteiger charge is -2.64. The van der Waals surface area contributed by atoms with Crippen molar-refractivity contribution in [1.29, 1.82) is 0 Å². The Kier molecular flexibility index (Phi) is 8.11. The van der Waals surface area contributed by atoms with Crippen molar-refractivity contribution in [2.75, 3.05) is 0 Å². The fourth-order valence-electron chi connectivity index (χ4n) is 10.6. The summed E-state index contributed by atoms with van der Waals surface area (Å²) in [6.07, 6.45) is 8.74. The van der Waals surface area contributed by atoms with Gasteiger partial charge in [-0.25, -0.2) is 9.07 Å². The maximum Gasteiger partial charge on any atom is 0.302 e. The van der Waals surface area contributed by atoms with Crippen LogP contribution in [0, 0.1) is 58.1 Å². The van der Waals surface area contributed by atoms with Crippen LogP contribution in [0.4, 0.5) is 4.39 Å². The molecule has 0 aliphatic heterocycles. The highest BCUT2D eigenvalue weighted by Gasteiger charge is 2.70. The first-order valence-corrected chi connectivity index (χ1v) is 16.7. The minimum absolute atomic E-state index is 0.0183. The van der Waals surface area contributed by atoms with Crippen LogP contribution in [0.15, 0.2) is 30.5 Å². The molecule has 0 saturated heterocycles. The average Bonchev–Trinajstić information content (AvgIpc) is 3.59. The standard InChI is InChI=1S/C36H48FN3O4/c1-20-15-16-35(5)25(17-20)18-30(44-23(4)42)31-28-14-13-27(21(2)7-8-22(3)41)36(28,6)34(43)33(32(31)35)40-19-29(38-39-40)24-9-11-26(37)12-10-24/h9-12,19-21,25,27-28,30-33H,7-8,13-18H2,1-6H3/t20-,21-,25+,27?,28?,30?,31?,32?,33?,35+,36-/m1/s1. The van der Waals surface area contributed by atoms with Crippen LogP contribution in [0.2, 0.25) is 0 Å². The van der Waals surface area contributed by atoms with E-state index in [2.05, 4.69) is 38.0 Å². The normalized spacial score (nSPS) is 38.8. The molecule has 4 fully saturated rings. The maximum atomic E-state index is 15.3. The Morgan fingerprint density at radius 3 is 2.52 bits per heavy atom. The van der Waals surface area contributed by atoms with Crippen LogP contribution >= 0.6 is 0 Å². The summed E-state index contributed by atoms with van der Waals surface area (Å²) in [5.41, 5.74) is 0.588. The van der Waals surface area contributed by atoms with Crippen molar-refractivity contribution in [3.8, 4) is 11.3 Å². The van der Waals surface area contributed by atoms with E-state index in [9.17, 15) is 14.0 Å². The number of ether oxygens (including phenoxy) is 1. The number of carbonyl (C=O) groups excluding carboxylic acids is 3. The molecule has 6 unspecified atom stereocenters. The van der Waals surface area contributed by atoms with Crippen LogP contribution in [-0.4, -0.2) is 38.6 Å². The van der Waals surface area contributed by atoms with E-state index in [4.69, 9.17) is 4.74 Å². The predicted molar refractivity (Wildman–Crippen MR) is 165 cm³/mol. The number of fused-ring (bicyclic) bond motifs is 5. The van der Waals surface area contributed by atoms with E-state index in [0.29, 0.717) is 24.0 Å². The van der Waals surface area contributed by atoms with Gasteiger partial charge in [0.25, 0.3) is 0 Å². The van der Waals surface area contributed by atoms with E-state index >= 15 is 4.79 Å². The Hall–Kier alpha value is -2.90. The molecule has 8 heteroatoms. The van der Waals surface area contributed by atoms with E-state index < -0.39 is 11.5 Å². The number of rotatable bonds is 7. The van der Waals surface area contributed by atoms with Crippen LogP contribution < -0.4 is 0 Å². The monoisotopic (exact) mass is 605 g/mol. The summed E-state index contributed by atoms with van der Waals surface area (Å²) in [6.45, 7) is 12.2. The van der Waals surface area contributed by atoms with Gasteiger partial charge in [-0.2, -0.15) is 0 Å². The Morgan fingerprint density at radius 2 is 1.84 bits per heavy atom. The molecule has 0 bridgehead atoms. The average molecular weight is 606 g/mol. The molecule has 0 amide bonds. The zero-order valence-electron chi connectivity index (χ0n) is 27.1. The summed E-state index contributed by atoms with van der Waals surface area (Å²) in [5.74, 6) is 1.09. The van der Waals surface area contributed by atoms with E-state index in [1.165, 1.54) is 19.1 Å². The molecule has 11 atom stereocenters. The zero-order chi connectivity index (χ0) is 31.6. The van der Waals surface area contributed by atoms with Crippen molar-refractivity contribution in [1.82, 2.24) is 15.0 Å². The molecule has 1 heterocycles. The first kappa shape index (κ1) is 31.1. The minimum atomic E-state index is -0.645. The summed E-state index contributed by atoms with van der Waals surface area (Å²) in [5, 5.41) is 9.12. The molecule has 238 valence electrons. The number of aromatic nitrogens is 3. The molecule has 44 heavy (non-hydrogen) atoms. The summed E-state index contributed by atoms with van der Waals surface area (Å²) in [6, 6.07) is 5.64. The molecule has 0 radical (unpaired) electrons. The molecule has 0 spiro atoms. The number of Topliss-reactive ketones (excluding diaryl/α,β-unsaturated/α-hetero) is 2. The van der Waals surface area contributed by atoms with Gasteiger partial charge >= 0.3 is 5.97 Å².